The van der Waals surface area contributed by atoms with Crippen LogP contribution in [0.4, 0.5) is 0 Å². The van der Waals surface area contributed by atoms with Gasteiger partial charge in [0.1, 0.15) is 5.75 Å². The van der Waals surface area contributed by atoms with E-state index in [9.17, 15) is 4.79 Å². The van der Waals surface area contributed by atoms with Gasteiger partial charge in [-0.15, -0.1) is 0 Å². The lowest BCUT2D eigenvalue weighted by Crippen LogP contribution is -2.27. The largest absolute Gasteiger partial charge is 0.491 e. The minimum absolute atomic E-state index is 0.00965. The predicted octanol–water partition coefficient (Wildman–Crippen LogP) is 5.66. The first-order chi connectivity index (χ1) is 14.5. The first-order valence-corrected chi connectivity index (χ1v) is 10.6. The molecule has 0 aliphatic rings. The van der Waals surface area contributed by atoms with E-state index in [4.69, 9.17) is 4.74 Å². The predicted molar refractivity (Wildman–Crippen MR) is 123 cm³/mol. The lowest BCUT2D eigenvalue weighted by atomic mass is 9.88. The highest BCUT2D eigenvalue weighted by molar-refractivity contribution is 5.77. The fourth-order valence-corrected chi connectivity index (χ4v) is 3.53. The smallest absolute Gasteiger partial charge is 0.220 e. The van der Waals surface area contributed by atoms with Gasteiger partial charge in [-0.05, 0) is 56.0 Å². The van der Waals surface area contributed by atoms with Crippen LogP contribution in [0.15, 0.2) is 78.9 Å². The highest BCUT2D eigenvalue weighted by Gasteiger charge is 2.18. The van der Waals surface area contributed by atoms with Crippen LogP contribution >= 0.6 is 0 Å². The van der Waals surface area contributed by atoms with Gasteiger partial charge in [-0.3, -0.25) is 4.79 Å². The first kappa shape index (κ1) is 21.6. The minimum Gasteiger partial charge on any atom is -0.491 e. The topological polar surface area (TPSA) is 38.3 Å². The molecule has 3 rings (SSSR count). The average Bonchev–Trinajstić information content (AvgIpc) is 2.74. The number of hydrogen-bond acceptors (Lipinski definition) is 2. The Kier molecular flexibility index (Phi) is 7.67. The van der Waals surface area contributed by atoms with Crippen molar-refractivity contribution in [2.24, 2.45) is 0 Å². The van der Waals surface area contributed by atoms with Gasteiger partial charge in [0.15, 0.2) is 0 Å². The van der Waals surface area contributed by atoms with Crippen molar-refractivity contribution in [1.82, 2.24) is 5.32 Å². The zero-order chi connectivity index (χ0) is 21.3. The number of amides is 1. The summed E-state index contributed by atoms with van der Waals surface area (Å²) in [4.78, 5) is 12.7. The molecular formula is C27H31NO2. The van der Waals surface area contributed by atoms with Crippen LogP contribution in [0.3, 0.4) is 0 Å². The standard InChI is InChI=1S/C27H31NO2/c1-20(2)30-25-15-13-24(14-16-25)26(23-11-9-21(3)10-12-23)19-27(29)28-18-17-22-7-5-4-6-8-22/h4-16,20,26H,17-19H2,1-3H3,(H,28,29). The molecule has 0 fully saturated rings. The monoisotopic (exact) mass is 401 g/mol. The van der Waals surface area contributed by atoms with Gasteiger partial charge in [0.2, 0.25) is 5.91 Å². The van der Waals surface area contributed by atoms with E-state index in [0.29, 0.717) is 13.0 Å². The molecule has 0 aliphatic heterocycles. The van der Waals surface area contributed by atoms with Crippen LogP contribution in [0, 0.1) is 6.92 Å². The van der Waals surface area contributed by atoms with E-state index in [1.807, 2.05) is 44.2 Å². The Hall–Kier alpha value is -3.07. The van der Waals surface area contributed by atoms with Crippen molar-refractivity contribution < 1.29 is 9.53 Å². The molecular weight excluding hydrogens is 370 g/mol. The number of nitrogens with one attached hydrogen (secondary N) is 1. The Bertz CT molecular complexity index is 915. The fourth-order valence-electron chi connectivity index (χ4n) is 3.53. The molecule has 0 saturated heterocycles. The molecule has 1 unspecified atom stereocenters. The van der Waals surface area contributed by atoms with E-state index in [1.165, 1.54) is 11.1 Å². The summed E-state index contributed by atoms with van der Waals surface area (Å²) in [6, 6.07) is 26.8. The maximum atomic E-state index is 12.7. The van der Waals surface area contributed by atoms with Gasteiger partial charge in [-0.1, -0.05) is 72.3 Å². The molecule has 3 aromatic carbocycles. The number of rotatable bonds is 9. The summed E-state index contributed by atoms with van der Waals surface area (Å²) in [6.45, 7) is 6.75. The van der Waals surface area contributed by atoms with E-state index in [-0.39, 0.29) is 17.9 Å². The zero-order valence-electron chi connectivity index (χ0n) is 18.1. The van der Waals surface area contributed by atoms with E-state index in [2.05, 4.69) is 60.8 Å². The normalized spacial score (nSPS) is 11.9. The highest BCUT2D eigenvalue weighted by Crippen LogP contribution is 2.30. The summed E-state index contributed by atoms with van der Waals surface area (Å²) in [5.41, 5.74) is 4.71. The van der Waals surface area contributed by atoms with Crippen LogP contribution in [0.1, 0.15) is 48.4 Å². The van der Waals surface area contributed by atoms with Crippen molar-refractivity contribution in [3.8, 4) is 5.75 Å². The van der Waals surface area contributed by atoms with Crippen molar-refractivity contribution in [3.05, 3.63) is 101 Å². The summed E-state index contributed by atoms with van der Waals surface area (Å²) >= 11 is 0. The van der Waals surface area contributed by atoms with E-state index in [1.54, 1.807) is 0 Å². The van der Waals surface area contributed by atoms with Gasteiger partial charge in [0.25, 0.3) is 0 Å². The van der Waals surface area contributed by atoms with Gasteiger partial charge in [-0.25, -0.2) is 0 Å². The molecule has 3 aromatic rings. The molecule has 156 valence electrons. The van der Waals surface area contributed by atoms with Crippen molar-refractivity contribution in [2.45, 2.75) is 45.6 Å². The molecule has 0 aliphatic carbocycles. The van der Waals surface area contributed by atoms with Crippen molar-refractivity contribution in [3.63, 3.8) is 0 Å². The van der Waals surface area contributed by atoms with Gasteiger partial charge in [-0.2, -0.15) is 0 Å². The quantitative estimate of drug-likeness (QED) is 0.502. The first-order valence-electron chi connectivity index (χ1n) is 10.6. The SMILES string of the molecule is Cc1ccc(C(CC(=O)NCCc2ccccc2)c2ccc(OC(C)C)cc2)cc1. The second-order valence-electron chi connectivity index (χ2n) is 7.99. The Morgan fingerprint density at radius 2 is 1.47 bits per heavy atom. The molecule has 30 heavy (non-hydrogen) atoms. The van der Waals surface area contributed by atoms with Crippen LogP contribution < -0.4 is 10.1 Å². The molecule has 1 N–H and O–H groups in total. The third-order valence-corrected chi connectivity index (χ3v) is 5.10. The van der Waals surface area contributed by atoms with Crippen LogP contribution in [0.2, 0.25) is 0 Å². The van der Waals surface area contributed by atoms with Crippen LogP contribution in [0.25, 0.3) is 0 Å². The van der Waals surface area contributed by atoms with Crippen molar-refractivity contribution in [2.75, 3.05) is 6.54 Å². The molecule has 0 radical (unpaired) electrons. The number of aryl methyl sites for hydroxylation is 1. The van der Waals surface area contributed by atoms with Crippen LogP contribution in [-0.4, -0.2) is 18.6 Å². The number of carbonyl (C=O) groups is 1. The number of benzene rings is 3. The zero-order valence-corrected chi connectivity index (χ0v) is 18.1. The summed E-state index contributed by atoms with van der Waals surface area (Å²) in [5.74, 6) is 0.929. The van der Waals surface area contributed by atoms with Gasteiger partial charge in [0.05, 0.1) is 6.10 Å². The maximum absolute atomic E-state index is 12.7. The average molecular weight is 402 g/mol. The summed E-state index contributed by atoms with van der Waals surface area (Å²) in [7, 11) is 0. The molecule has 1 atom stereocenters. The van der Waals surface area contributed by atoms with Crippen molar-refractivity contribution in [1.29, 1.82) is 0 Å². The Morgan fingerprint density at radius 1 is 0.867 bits per heavy atom. The van der Waals surface area contributed by atoms with E-state index >= 15 is 0 Å². The second kappa shape index (κ2) is 10.6. The molecule has 0 heterocycles. The molecule has 0 aromatic heterocycles. The Labute approximate surface area is 180 Å². The van der Waals surface area contributed by atoms with E-state index < -0.39 is 0 Å². The molecule has 0 spiro atoms. The van der Waals surface area contributed by atoms with E-state index in [0.717, 1.165) is 23.3 Å². The molecule has 0 saturated carbocycles. The number of hydrogen-bond donors (Lipinski definition) is 1. The highest BCUT2D eigenvalue weighted by atomic mass is 16.5. The van der Waals surface area contributed by atoms with Crippen LogP contribution in [-0.2, 0) is 11.2 Å². The third kappa shape index (κ3) is 6.48. The molecule has 3 nitrogen and oxygen atoms in total. The summed E-state index contributed by atoms with van der Waals surface area (Å²) < 4.78 is 5.77. The molecule has 1 amide bonds. The fraction of sp³-hybridized carbons (Fsp3) is 0.296. The second-order valence-corrected chi connectivity index (χ2v) is 7.99. The summed E-state index contributed by atoms with van der Waals surface area (Å²) in [5, 5.41) is 3.09. The third-order valence-electron chi connectivity index (χ3n) is 5.10. The lowest BCUT2D eigenvalue weighted by Gasteiger charge is -2.19. The number of carbonyl (C=O) groups excluding carboxylic acids is 1. The molecule has 3 heteroatoms. The van der Waals surface area contributed by atoms with Crippen LogP contribution in [0.5, 0.6) is 5.75 Å². The van der Waals surface area contributed by atoms with Crippen molar-refractivity contribution >= 4 is 5.91 Å². The van der Waals surface area contributed by atoms with Gasteiger partial charge in [0, 0.05) is 18.9 Å². The minimum atomic E-state index is 0.00965. The maximum Gasteiger partial charge on any atom is 0.220 e. The molecule has 0 bridgehead atoms. The summed E-state index contributed by atoms with van der Waals surface area (Å²) in [6.07, 6.45) is 1.39. The Balaban J connectivity index is 1.69. The van der Waals surface area contributed by atoms with Gasteiger partial charge >= 0.3 is 0 Å². The number of ether oxygens (including phenoxy) is 1. The Morgan fingerprint density at radius 3 is 2.07 bits per heavy atom. The van der Waals surface area contributed by atoms with Gasteiger partial charge < -0.3 is 10.1 Å². The lowest BCUT2D eigenvalue weighted by molar-refractivity contribution is -0.121.